The van der Waals surface area contributed by atoms with Crippen molar-refractivity contribution >= 4 is 5.91 Å². The van der Waals surface area contributed by atoms with Crippen molar-refractivity contribution in [2.75, 3.05) is 6.54 Å². The largest absolute Gasteiger partial charge is 0.328 e. The van der Waals surface area contributed by atoms with Gasteiger partial charge in [0.15, 0.2) is 0 Å². The van der Waals surface area contributed by atoms with Crippen molar-refractivity contribution < 1.29 is 4.79 Å². The van der Waals surface area contributed by atoms with Gasteiger partial charge in [0, 0.05) is 24.1 Å². The maximum Gasteiger partial charge on any atom is 0.254 e. The molecule has 2 heterocycles. The van der Waals surface area contributed by atoms with E-state index in [0.29, 0.717) is 6.54 Å². The monoisotopic (exact) mass is 434 g/mol. The zero-order valence-electron chi connectivity index (χ0n) is 19.1. The van der Waals surface area contributed by atoms with E-state index in [9.17, 15) is 4.79 Å². The van der Waals surface area contributed by atoms with Gasteiger partial charge in [0.1, 0.15) is 0 Å². The molecule has 2 aliphatic heterocycles. The Hall–Kier alpha value is -3.17. The minimum absolute atomic E-state index is 0.169. The normalized spacial score (nSPS) is 24.2. The standard InChI is InChI=1S/C30H30N2O/c1-2-3-11-22-19-30(17-18-31-22,32-20-21-10-4-5-12-23(21)29(32)33)28-26-15-8-6-13-24(26)25-14-7-9-16-27(25)28/h3-16,22,28,31H,2,17-20H2,1H3/b11-3+. The van der Waals surface area contributed by atoms with Gasteiger partial charge in [0.2, 0.25) is 0 Å². The molecule has 33 heavy (non-hydrogen) atoms. The molecule has 0 aromatic heterocycles. The summed E-state index contributed by atoms with van der Waals surface area (Å²) >= 11 is 0. The van der Waals surface area contributed by atoms with Crippen molar-refractivity contribution in [1.29, 1.82) is 0 Å². The molecule has 2 unspecified atom stereocenters. The van der Waals surface area contributed by atoms with Crippen LogP contribution in [0.15, 0.2) is 84.9 Å². The predicted octanol–water partition coefficient (Wildman–Crippen LogP) is 5.91. The van der Waals surface area contributed by atoms with Gasteiger partial charge in [0.05, 0.1) is 5.54 Å². The maximum atomic E-state index is 13.9. The summed E-state index contributed by atoms with van der Waals surface area (Å²) in [7, 11) is 0. The number of carbonyl (C=O) groups is 1. The maximum absolute atomic E-state index is 13.9. The Kier molecular flexibility index (Phi) is 4.95. The number of piperidine rings is 1. The highest BCUT2D eigenvalue weighted by molar-refractivity contribution is 5.99. The predicted molar refractivity (Wildman–Crippen MR) is 133 cm³/mol. The van der Waals surface area contributed by atoms with Crippen LogP contribution in [0.5, 0.6) is 0 Å². The summed E-state index contributed by atoms with van der Waals surface area (Å²) in [5.74, 6) is 0.357. The first-order valence-corrected chi connectivity index (χ1v) is 12.2. The molecule has 0 radical (unpaired) electrons. The first-order chi connectivity index (χ1) is 16.2. The zero-order chi connectivity index (χ0) is 22.4. The van der Waals surface area contributed by atoms with E-state index in [2.05, 4.69) is 90.0 Å². The van der Waals surface area contributed by atoms with Gasteiger partial charge in [-0.3, -0.25) is 4.79 Å². The lowest BCUT2D eigenvalue weighted by Gasteiger charge is -2.51. The molecule has 3 aromatic rings. The van der Waals surface area contributed by atoms with Gasteiger partial charge in [-0.05, 0) is 59.7 Å². The van der Waals surface area contributed by atoms with Gasteiger partial charge >= 0.3 is 0 Å². The van der Waals surface area contributed by atoms with E-state index >= 15 is 0 Å². The summed E-state index contributed by atoms with van der Waals surface area (Å²) < 4.78 is 0. The van der Waals surface area contributed by atoms with E-state index < -0.39 is 0 Å². The molecule has 1 amide bonds. The third-order valence-electron chi connectivity index (χ3n) is 7.87. The third kappa shape index (κ3) is 3.10. The quantitative estimate of drug-likeness (QED) is 0.518. The summed E-state index contributed by atoms with van der Waals surface area (Å²) in [5, 5.41) is 3.71. The number of rotatable bonds is 4. The van der Waals surface area contributed by atoms with Crippen molar-refractivity contribution in [1.82, 2.24) is 10.2 Å². The number of hydrogen-bond donors (Lipinski definition) is 1. The average Bonchev–Trinajstić information content (AvgIpc) is 3.39. The van der Waals surface area contributed by atoms with E-state index in [1.807, 2.05) is 12.1 Å². The van der Waals surface area contributed by atoms with Gasteiger partial charge in [-0.2, -0.15) is 0 Å². The first kappa shape index (κ1) is 20.4. The van der Waals surface area contributed by atoms with Crippen LogP contribution < -0.4 is 5.32 Å². The molecule has 0 spiro atoms. The number of nitrogens with zero attached hydrogens (tertiary/aromatic N) is 1. The molecule has 6 rings (SSSR count). The molecule has 2 atom stereocenters. The first-order valence-electron chi connectivity index (χ1n) is 12.2. The summed E-state index contributed by atoms with van der Waals surface area (Å²) in [6, 6.07) is 26.1. The Morgan fingerprint density at radius 2 is 1.58 bits per heavy atom. The molecule has 3 nitrogen and oxygen atoms in total. The van der Waals surface area contributed by atoms with Crippen molar-refractivity contribution in [2.45, 2.75) is 50.2 Å². The van der Waals surface area contributed by atoms with Crippen molar-refractivity contribution in [3.8, 4) is 11.1 Å². The van der Waals surface area contributed by atoms with Crippen molar-refractivity contribution in [3.63, 3.8) is 0 Å². The second kappa shape index (κ2) is 8.00. The molecule has 1 saturated heterocycles. The fraction of sp³-hybridized carbons (Fsp3) is 0.300. The third-order valence-corrected chi connectivity index (χ3v) is 7.87. The smallest absolute Gasteiger partial charge is 0.254 e. The summed E-state index contributed by atoms with van der Waals surface area (Å²) in [6.45, 7) is 3.77. The minimum atomic E-state index is -0.285. The molecule has 1 fully saturated rings. The van der Waals surface area contributed by atoms with Crippen LogP contribution in [-0.4, -0.2) is 28.9 Å². The molecule has 1 N–H and O–H groups in total. The van der Waals surface area contributed by atoms with Crippen LogP contribution in [0.3, 0.4) is 0 Å². The number of allylic oxidation sites excluding steroid dienone is 1. The van der Waals surface area contributed by atoms with Gasteiger partial charge in [-0.25, -0.2) is 0 Å². The Bertz CT molecular complexity index is 1200. The van der Waals surface area contributed by atoms with E-state index in [1.54, 1.807) is 0 Å². The Morgan fingerprint density at radius 3 is 2.24 bits per heavy atom. The topological polar surface area (TPSA) is 32.3 Å². The second-order valence-electron chi connectivity index (χ2n) is 9.61. The van der Waals surface area contributed by atoms with Gasteiger partial charge in [0.25, 0.3) is 5.91 Å². The lowest BCUT2D eigenvalue weighted by atomic mass is 9.69. The average molecular weight is 435 g/mol. The molecule has 166 valence electrons. The highest BCUT2D eigenvalue weighted by Crippen LogP contribution is 2.55. The van der Waals surface area contributed by atoms with E-state index in [4.69, 9.17) is 0 Å². The van der Waals surface area contributed by atoms with Crippen LogP contribution in [0, 0.1) is 0 Å². The number of nitrogens with one attached hydrogen (secondary N) is 1. The Balaban J connectivity index is 1.54. The highest BCUT2D eigenvalue weighted by Gasteiger charge is 2.54. The number of fused-ring (bicyclic) bond motifs is 4. The number of amides is 1. The van der Waals surface area contributed by atoms with Gasteiger partial charge in [-0.1, -0.05) is 85.8 Å². The van der Waals surface area contributed by atoms with E-state index in [-0.39, 0.29) is 23.4 Å². The number of carbonyl (C=O) groups excluding carboxylic acids is 1. The molecular formula is C30H30N2O. The van der Waals surface area contributed by atoms with Gasteiger partial charge < -0.3 is 10.2 Å². The van der Waals surface area contributed by atoms with E-state index in [1.165, 1.54) is 22.3 Å². The Morgan fingerprint density at radius 1 is 0.939 bits per heavy atom. The minimum Gasteiger partial charge on any atom is -0.328 e. The number of hydrogen-bond acceptors (Lipinski definition) is 2. The van der Waals surface area contributed by atoms with Crippen LogP contribution in [0.25, 0.3) is 11.1 Å². The lowest BCUT2D eigenvalue weighted by Crippen LogP contribution is -2.60. The Labute approximate surface area is 196 Å². The second-order valence-corrected chi connectivity index (χ2v) is 9.61. The van der Waals surface area contributed by atoms with E-state index in [0.717, 1.165) is 36.9 Å². The summed E-state index contributed by atoms with van der Waals surface area (Å²) in [5.41, 5.74) is 7.11. The summed E-state index contributed by atoms with van der Waals surface area (Å²) in [4.78, 5) is 16.1. The number of benzene rings is 3. The highest BCUT2D eigenvalue weighted by atomic mass is 16.2. The molecule has 3 heteroatoms. The van der Waals surface area contributed by atoms with Crippen LogP contribution in [0.2, 0.25) is 0 Å². The van der Waals surface area contributed by atoms with Crippen molar-refractivity contribution in [2.24, 2.45) is 0 Å². The molecule has 0 bridgehead atoms. The van der Waals surface area contributed by atoms with Crippen LogP contribution in [0.4, 0.5) is 0 Å². The van der Waals surface area contributed by atoms with Crippen LogP contribution in [-0.2, 0) is 6.54 Å². The summed E-state index contributed by atoms with van der Waals surface area (Å²) in [6.07, 6.45) is 7.45. The fourth-order valence-electron chi connectivity index (χ4n) is 6.48. The zero-order valence-corrected chi connectivity index (χ0v) is 19.1. The van der Waals surface area contributed by atoms with Crippen LogP contribution in [0.1, 0.15) is 59.2 Å². The SMILES string of the molecule is CC/C=C/C1CC(C2c3ccccc3-c3ccccc32)(N2Cc3ccccc3C2=O)CCN1. The molecule has 0 saturated carbocycles. The molecule has 1 aliphatic carbocycles. The van der Waals surface area contributed by atoms with Crippen molar-refractivity contribution in [3.05, 3.63) is 107 Å². The molecular weight excluding hydrogens is 404 g/mol. The fourth-order valence-corrected chi connectivity index (χ4v) is 6.48. The van der Waals surface area contributed by atoms with Crippen LogP contribution >= 0.6 is 0 Å². The lowest BCUT2D eigenvalue weighted by molar-refractivity contribution is 0.0273. The van der Waals surface area contributed by atoms with Gasteiger partial charge in [-0.15, -0.1) is 0 Å². The molecule has 3 aliphatic rings. The molecule has 3 aromatic carbocycles.